The number of rotatable bonds is 10. The van der Waals surface area contributed by atoms with Crippen LogP contribution in [-0.4, -0.2) is 28.2 Å². The Hall–Kier alpha value is -12.6. The van der Waals surface area contributed by atoms with Crippen LogP contribution in [0.4, 0.5) is 0 Å². The molecular formula is C88H56N6. The standard InChI is InChI=1S/C88H56N6/c1-4-20-59(21-5-1)88-89-78(56-79(90-88)65-23-19-29-69(51-65)94-83-37-17-13-33-73(83)77-55-64(45-49-87(77)94)62-43-47-85-75(53-62)71-31-11-15-35-81(71)92(85)67-26-8-3-9-27-67)58-40-38-57(39-41-58)60-22-18-28-68(50-60)93-82-36-16-12-32-72(82)76-54-63(44-48-86(76)93)61-42-46-84-74(52-61)70-30-10-14-34-80(70)91(84)66-24-6-2-7-25-66/h1-56H. The summed E-state index contributed by atoms with van der Waals surface area (Å²) in [5.41, 5.74) is 25.6. The van der Waals surface area contributed by atoms with Crippen LogP contribution in [0.25, 0.3) is 177 Å². The molecule has 0 N–H and O–H groups in total. The third-order valence-electron chi connectivity index (χ3n) is 19.2. The molecule has 0 fully saturated rings. The molecule has 14 aromatic carbocycles. The van der Waals surface area contributed by atoms with Crippen molar-refractivity contribution in [2.75, 3.05) is 0 Å². The van der Waals surface area contributed by atoms with Gasteiger partial charge in [0.25, 0.3) is 0 Å². The van der Waals surface area contributed by atoms with Crippen LogP contribution in [-0.2, 0) is 0 Å². The Morgan fingerprint density at radius 3 is 0.851 bits per heavy atom. The van der Waals surface area contributed by atoms with Crippen molar-refractivity contribution in [1.82, 2.24) is 28.2 Å². The first kappa shape index (κ1) is 53.2. The summed E-state index contributed by atoms with van der Waals surface area (Å²) < 4.78 is 9.56. The first-order valence-electron chi connectivity index (χ1n) is 32.1. The molecule has 0 unspecified atom stereocenters. The molecule has 0 aliphatic carbocycles. The summed E-state index contributed by atoms with van der Waals surface area (Å²) in [7, 11) is 0. The fourth-order valence-electron chi connectivity index (χ4n) is 14.8. The van der Waals surface area contributed by atoms with Crippen LogP contribution in [0.2, 0.25) is 0 Å². The van der Waals surface area contributed by atoms with Gasteiger partial charge in [0.05, 0.1) is 55.5 Å². The smallest absolute Gasteiger partial charge is 0.160 e. The first-order chi connectivity index (χ1) is 46.6. The van der Waals surface area contributed by atoms with Gasteiger partial charge in [-0.15, -0.1) is 0 Å². The van der Waals surface area contributed by atoms with Gasteiger partial charge in [0.2, 0.25) is 0 Å². The van der Waals surface area contributed by atoms with E-state index in [9.17, 15) is 0 Å². The second kappa shape index (κ2) is 21.5. The van der Waals surface area contributed by atoms with Gasteiger partial charge in [-0.3, -0.25) is 0 Å². The zero-order valence-corrected chi connectivity index (χ0v) is 51.0. The third kappa shape index (κ3) is 8.65. The summed E-state index contributed by atoms with van der Waals surface area (Å²) in [4.78, 5) is 10.6. The Balaban J connectivity index is 0.654. The lowest BCUT2D eigenvalue weighted by atomic mass is 10.0. The summed E-state index contributed by atoms with van der Waals surface area (Å²) >= 11 is 0. The minimum absolute atomic E-state index is 0.675. The Morgan fingerprint density at radius 1 is 0.160 bits per heavy atom. The molecule has 19 aromatic rings. The van der Waals surface area contributed by atoms with Crippen LogP contribution >= 0.6 is 0 Å². The molecule has 0 bridgehead atoms. The molecule has 0 aliphatic heterocycles. The van der Waals surface area contributed by atoms with Crippen molar-refractivity contribution in [1.29, 1.82) is 0 Å². The molecule has 94 heavy (non-hydrogen) atoms. The van der Waals surface area contributed by atoms with E-state index in [0.29, 0.717) is 5.82 Å². The molecule has 0 spiro atoms. The second-order valence-corrected chi connectivity index (χ2v) is 24.5. The van der Waals surface area contributed by atoms with Gasteiger partial charge in [0.1, 0.15) is 0 Å². The maximum atomic E-state index is 5.32. The highest BCUT2D eigenvalue weighted by Crippen LogP contribution is 2.42. The predicted molar refractivity (Wildman–Crippen MR) is 392 cm³/mol. The highest BCUT2D eigenvalue weighted by atomic mass is 15.0. The lowest BCUT2D eigenvalue weighted by Crippen LogP contribution is -1.98. The molecule has 19 rings (SSSR count). The summed E-state index contributed by atoms with van der Waals surface area (Å²) in [6.07, 6.45) is 0. The van der Waals surface area contributed by atoms with Crippen LogP contribution in [0, 0.1) is 0 Å². The van der Waals surface area contributed by atoms with Crippen molar-refractivity contribution < 1.29 is 0 Å². The normalized spacial score (nSPS) is 11.8. The minimum atomic E-state index is 0.675. The largest absolute Gasteiger partial charge is 0.309 e. The Morgan fingerprint density at radius 2 is 0.436 bits per heavy atom. The second-order valence-electron chi connectivity index (χ2n) is 24.5. The van der Waals surface area contributed by atoms with E-state index in [0.717, 1.165) is 78.5 Å². The van der Waals surface area contributed by atoms with Crippen molar-refractivity contribution >= 4 is 87.2 Å². The lowest BCUT2D eigenvalue weighted by Gasteiger charge is -2.13. The van der Waals surface area contributed by atoms with Gasteiger partial charge in [0, 0.05) is 82.5 Å². The van der Waals surface area contributed by atoms with Crippen LogP contribution in [0.5, 0.6) is 0 Å². The molecule has 0 radical (unpaired) electrons. The fraction of sp³-hybridized carbons (Fsp3) is 0. The molecular weight excluding hydrogens is 1140 g/mol. The molecule has 5 heterocycles. The number of aromatic nitrogens is 6. The van der Waals surface area contributed by atoms with Crippen molar-refractivity contribution in [2.45, 2.75) is 0 Å². The quantitative estimate of drug-likeness (QED) is 0.137. The van der Waals surface area contributed by atoms with E-state index in [1.54, 1.807) is 0 Å². The van der Waals surface area contributed by atoms with Gasteiger partial charge < -0.3 is 18.3 Å². The van der Waals surface area contributed by atoms with E-state index in [1.165, 1.54) is 92.9 Å². The molecule has 0 amide bonds. The zero-order chi connectivity index (χ0) is 61.8. The number of para-hydroxylation sites is 6. The van der Waals surface area contributed by atoms with Gasteiger partial charge >= 0.3 is 0 Å². The van der Waals surface area contributed by atoms with E-state index >= 15 is 0 Å². The van der Waals surface area contributed by atoms with E-state index in [4.69, 9.17) is 9.97 Å². The zero-order valence-electron chi connectivity index (χ0n) is 51.0. The molecule has 438 valence electrons. The van der Waals surface area contributed by atoms with Crippen molar-refractivity contribution in [3.63, 3.8) is 0 Å². The van der Waals surface area contributed by atoms with E-state index in [-0.39, 0.29) is 0 Å². The molecule has 0 saturated heterocycles. The average Bonchev–Trinajstić information content (AvgIpc) is 1.60. The van der Waals surface area contributed by atoms with Crippen LogP contribution in [0.15, 0.2) is 340 Å². The summed E-state index contributed by atoms with van der Waals surface area (Å²) in [5, 5.41) is 9.81. The predicted octanol–water partition coefficient (Wildman–Crippen LogP) is 22.9. The monoisotopic (exact) mass is 1200 g/mol. The Labute approximate surface area is 542 Å². The number of nitrogens with zero attached hydrogens (tertiary/aromatic N) is 6. The van der Waals surface area contributed by atoms with Crippen molar-refractivity contribution in [3.8, 4) is 90.0 Å². The maximum Gasteiger partial charge on any atom is 0.160 e. The van der Waals surface area contributed by atoms with E-state index < -0.39 is 0 Å². The summed E-state index contributed by atoms with van der Waals surface area (Å²) in [6, 6.07) is 123. The highest BCUT2D eigenvalue weighted by Gasteiger charge is 2.21. The molecule has 0 atom stereocenters. The number of hydrogen-bond donors (Lipinski definition) is 0. The number of hydrogen-bond acceptors (Lipinski definition) is 2. The molecule has 0 aliphatic rings. The topological polar surface area (TPSA) is 45.5 Å². The average molecular weight is 1200 g/mol. The number of benzene rings is 14. The minimum Gasteiger partial charge on any atom is -0.309 e. The SMILES string of the molecule is c1ccc(-c2nc(-c3ccc(-c4cccc(-n5c6ccccc6c6cc(-c7ccc8c(c7)c7ccccc7n8-c7ccccc7)ccc65)c4)cc3)cc(-c3cccc(-n4c5ccccc5c5cc(-c6ccc7c(c6)c6ccccc6n7-c6ccccc6)ccc54)c3)n2)cc1. The molecule has 0 saturated carbocycles. The first-order valence-corrected chi connectivity index (χ1v) is 32.1. The molecule has 6 heteroatoms. The number of fused-ring (bicyclic) bond motifs is 12. The van der Waals surface area contributed by atoms with Crippen LogP contribution in [0.3, 0.4) is 0 Å². The lowest BCUT2D eigenvalue weighted by molar-refractivity contribution is 1.16. The fourth-order valence-corrected chi connectivity index (χ4v) is 14.8. The Bertz CT molecular complexity index is 6210. The molecule has 5 aromatic heterocycles. The van der Waals surface area contributed by atoms with E-state index in [1.807, 2.05) is 6.07 Å². The summed E-state index contributed by atoms with van der Waals surface area (Å²) in [5.74, 6) is 0.675. The van der Waals surface area contributed by atoms with Crippen molar-refractivity contribution in [3.05, 3.63) is 340 Å². The van der Waals surface area contributed by atoms with Gasteiger partial charge in [-0.25, -0.2) is 9.97 Å². The van der Waals surface area contributed by atoms with Gasteiger partial charge in [-0.1, -0.05) is 212 Å². The van der Waals surface area contributed by atoms with Gasteiger partial charge in [-0.2, -0.15) is 0 Å². The third-order valence-corrected chi connectivity index (χ3v) is 19.2. The maximum absolute atomic E-state index is 5.32. The summed E-state index contributed by atoms with van der Waals surface area (Å²) in [6.45, 7) is 0. The Kier molecular flexibility index (Phi) is 12.2. The van der Waals surface area contributed by atoms with Gasteiger partial charge in [-0.05, 0) is 161 Å². The van der Waals surface area contributed by atoms with Crippen LogP contribution in [0.1, 0.15) is 0 Å². The van der Waals surface area contributed by atoms with Gasteiger partial charge in [0.15, 0.2) is 5.82 Å². The highest BCUT2D eigenvalue weighted by molar-refractivity contribution is 6.15. The van der Waals surface area contributed by atoms with E-state index in [2.05, 4.69) is 352 Å². The van der Waals surface area contributed by atoms with Crippen LogP contribution < -0.4 is 0 Å². The van der Waals surface area contributed by atoms with Crippen molar-refractivity contribution in [2.24, 2.45) is 0 Å². The molecule has 6 nitrogen and oxygen atoms in total.